The van der Waals surface area contributed by atoms with Crippen LogP contribution < -0.4 is 5.73 Å². The molecule has 3 atom stereocenters. The molecule has 0 aliphatic heterocycles. The Hall–Kier alpha value is -0.730. The van der Waals surface area contributed by atoms with Crippen LogP contribution in [0, 0.1) is 16.7 Å². The number of primary amides is 1. The van der Waals surface area contributed by atoms with Gasteiger partial charge in [-0.05, 0) is 30.1 Å². The Kier molecular flexibility index (Phi) is 1.85. The molecule has 14 heavy (non-hydrogen) atoms. The predicted octanol–water partition coefficient (Wildman–Crippen LogP) is 2.30. The first-order valence-corrected chi connectivity index (χ1v) is 5.33. The van der Waals surface area contributed by atoms with Gasteiger partial charge in [0, 0.05) is 5.92 Å². The maximum atomic E-state index is 10.7. The van der Waals surface area contributed by atoms with Crippen LogP contribution in [0.1, 0.15) is 40.0 Å². The van der Waals surface area contributed by atoms with E-state index in [9.17, 15) is 4.79 Å². The SMILES string of the molecule is CC12CCC(C(OC(N)=O)C1)C2(C)C. The van der Waals surface area contributed by atoms with Gasteiger partial charge in [-0.15, -0.1) is 0 Å². The highest BCUT2D eigenvalue weighted by Gasteiger charge is 2.61. The Bertz CT molecular complexity index is 272. The molecule has 2 aliphatic carbocycles. The van der Waals surface area contributed by atoms with E-state index in [0.717, 1.165) is 6.42 Å². The molecule has 2 rings (SSSR count). The maximum absolute atomic E-state index is 10.7. The Morgan fingerprint density at radius 1 is 1.43 bits per heavy atom. The lowest BCUT2D eigenvalue weighted by molar-refractivity contribution is 0.0600. The summed E-state index contributed by atoms with van der Waals surface area (Å²) in [4.78, 5) is 10.7. The van der Waals surface area contributed by atoms with E-state index >= 15 is 0 Å². The van der Waals surface area contributed by atoms with Crippen molar-refractivity contribution in [3.8, 4) is 0 Å². The van der Waals surface area contributed by atoms with E-state index in [1.165, 1.54) is 12.8 Å². The highest BCUT2D eigenvalue weighted by atomic mass is 16.6. The lowest BCUT2D eigenvalue weighted by Gasteiger charge is -2.33. The molecule has 3 nitrogen and oxygen atoms in total. The molecule has 2 saturated carbocycles. The summed E-state index contributed by atoms with van der Waals surface area (Å²) in [6.45, 7) is 6.88. The average molecular weight is 197 g/mol. The molecule has 0 spiro atoms. The number of fused-ring (bicyclic) bond motifs is 2. The van der Waals surface area contributed by atoms with Crippen LogP contribution in [0.25, 0.3) is 0 Å². The number of nitrogens with two attached hydrogens (primary N) is 1. The Morgan fingerprint density at radius 2 is 2.07 bits per heavy atom. The van der Waals surface area contributed by atoms with Gasteiger partial charge in [0.25, 0.3) is 0 Å². The molecule has 2 N–H and O–H groups in total. The number of carbonyl (C=O) groups is 1. The van der Waals surface area contributed by atoms with Crippen molar-refractivity contribution in [2.24, 2.45) is 22.5 Å². The van der Waals surface area contributed by atoms with Crippen molar-refractivity contribution in [2.45, 2.75) is 46.1 Å². The van der Waals surface area contributed by atoms with Gasteiger partial charge in [0.15, 0.2) is 0 Å². The van der Waals surface area contributed by atoms with E-state index in [2.05, 4.69) is 20.8 Å². The smallest absolute Gasteiger partial charge is 0.404 e. The monoisotopic (exact) mass is 197 g/mol. The first kappa shape index (κ1) is 9.81. The van der Waals surface area contributed by atoms with Crippen molar-refractivity contribution in [3.63, 3.8) is 0 Å². The van der Waals surface area contributed by atoms with Crippen LogP contribution in [0.3, 0.4) is 0 Å². The number of hydrogen-bond donors (Lipinski definition) is 1. The average Bonchev–Trinajstić information content (AvgIpc) is 2.31. The van der Waals surface area contributed by atoms with Gasteiger partial charge in [-0.25, -0.2) is 4.79 Å². The fourth-order valence-electron chi connectivity index (χ4n) is 3.48. The first-order valence-electron chi connectivity index (χ1n) is 5.33. The Labute approximate surface area is 85.0 Å². The third-order valence-electron chi connectivity index (χ3n) is 4.86. The highest BCUT2D eigenvalue weighted by Crippen LogP contribution is 2.66. The van der Waals surface area contributed by atoms with Gasteiger partial charge in [-0.2, -0.15) is 0 Å². The summed E-state index contributed by atoms with van der Waals surface area (Å²) in [7, 11) is 0. The van der Waals surface area contributed by atoms with E-state index in [1.807, 2.05) is 0 Å². The number of rotatable bonds is 1. The molecule has 2 bridgehead atoms. The fraction of sp³-hybridized carbons (Fsp3) is 0.909. The second-order valence-electron chi connectivity index (χ2n) is 5.61. The van der Waals surface area contributed by atoms with Crippen molar-refractivity contribution in [1.29, 1.82) is 0 Å². The Morgan fingerprint density at radius 3 is 2.43 bits per heavy atom. The van der Waals surface area contributed by atoms with Gasteiger partial charge in [-0.1, -0.05) is 20.8 Å². The molecule has 80 valence electrons. The minimum atomic E-state index is -0.623. The standard InChI is InChI=1S/C11H19NO2/c1-10(2)7-4-5-11(10,3)6-8(7)14-9(12)13/h7-8H,4-6H2,1-3H3,(H2,12,13). The number of ether oxygens (including phenoxy) is 1. The van der Waals surface area contributed by atoms with E-state index in [1.54, 1.807) is 0 Å². The largest absolute Gasteiger partial charge is 0.446 e. The van der Waals surface area contributed by atoms with Gasteiger partial charge in [0.1, 0.15) is 6.10 Å². The number of carbonyl (C=O) groups excluding carboxylic acids is 1. The summed E-state index contributed by atoms with van der Waals surface area (Å²) in [5.41, 5.74) is 5.69. The normalized spacial score (nSPS) is 43.9. The predicted molar refractivity (Wildman–Crippen MR) is 53.7 cm³/mol. The van der Waals surface area contributed by atoms with Gasteiger partial charge < -0.3 is 10.5 Å². The van der Waals surface area contributed by atoms with E-state index < -0.39 is 6.09 Å². The summed E-state index contributed by atoms with van der Waals surface area (Å²) < 4.78 is 5.18. The molecule has 0 aromatic carbocycles. The molecular weight excluding hydrogens is 178 g/mol. The van der Waals surface area contributed by atoms with Gasteiger partial charge in [0.2, 0.25) is 0 Å². The van der Waals surface area contributed by atoms with Crippen LogP contribution in [0.4, 0.5) is 4.79 Å². The molecule has 3 heteroatoms. The van der Waals surface area contributed by atoms with E-state index in [-0.39, 0.29) is 11.5 Å². The van der Waals surface area contributed by atoms with Crippen molar-refractivity contribution in [2.75, 3.05) is 0 Å². The van der Waals surface area contributed by atoms with Gasteiger partial charge >= 0.3 is 6.09 Å². The second kappa shape index (κ2) is 2.65. The molecule has 0 aromatic rings. The first-order chi connectivity index (χ1) is 6.37. The quantitative estimate of drug-likeness (QED) is 0.701. The lowest BCUT2D eigenvalue weighted by Crippen LogP contribution is -2.29. The van der Waals surface area contributed by atoms with Crippen molar-refractivity contribution < 1.29 is 9.53 Å². The van der Waals surface area contributed by atoms with Crippen LogP contribution in [0.2, 0.25) is 0 Å². The van der Waals surface area contributed by atoms with Crippen molar-refractivity contribution >= 4 is 6.09 Å². The summed E-state index contributed by atoms with van der Waals surface area (Å²) >= 11 is 0. The molecular formula is C11H19NO2. The van der Waals surface area contributed by atoms with Crippen molar-refractivity contribution in [3.05, 3.63) is 0 Å². The van der Waals surface area contributed by atoms with Gasteiger partial charge in [-0.3, -0.25) is 0 Å². The fourth-order valence-corrected chi connectivity index (χ4v) is 3.48. The zero-order chi connectivity index (χ0) is 10.6. The third kappa shape index (κ3) is 1.07. The lowest BCUT2D eigenvalue weighted by atomic mass is 9.71. The molecule has 0 heterocycles. The zero-order valence-corrected chi connectivity index (χ0v) is 9.17. The van der Waals surface area contributed by atoms with Crippen LogP contribution in [0.5, 0.6) is 0 Å². The molecule has 2 fully saturated rings. The molecule has 0 saturated heterocycles. The van der Waals surface area contributed by atoms with Crippen LogP contribution in [-0.2, 0) is 4.74 Å². The Balaban J connectivity index is 2.19. The zero-order valence-electron chi connectivity index (χ0n) is 9.17. The minimum Gasteiger partial charge on any atom is -0.446 e. The van der Waals surface area contributed by atoms with Crippen LogP contribution >= 0.6 is 0 Å². The topological polar surface area (TPSA) is 52.3 Å². The minimum absolute atomic E-state index is 0.0567. The molecule has 1 amide bonds. The maximum Gasteiger partial charge on any atom is 0.404 e. The summed E-state index contributed by atoms with van der Waals surface area (Å²) in [6.07, 6.45) is 2.83. The molecule has 3 unspecified atom stereocenters. The van der Waals surface area contributed by atoms with E-state index in [0.29, 0.717) is 11.3 Å². The van der Waals surface area contributed by atoms with Crippen LogP contribution in [0.15, 0.2) is 0 Å². The van der Waals surface area contributed by atoms with Crippen molar-refractivity contribution in [1.82, 2.24) is 0 Å². The van der Waals surface area contributed by atoms with Crippen LogP contribution in [-0.4, -0.2) is 12.2 Å². The molecule has 0 aromatic heterocycles. The number of hydrogen-bond acceptors (Lipinski definition) is 2. The third-order valence-corrected chi connectivity index (χ3v) is 4.86. The summed E-state index contributed by atoms with van der Waals surface area (Å²) in [5.74, 6) is 0.500. The summed E-state index contributed by atoms with van der Waals surface area (Å²) in [5, 5.41) is 0. The second-order valence-corrected chi connectivity index (χ2v) is 5.61. The highest BCUT2D eigenvalue weighted by molar-refractivity contribution is 5.65. The van der Waals surface area contributed by atoms with Gasteiger partial charge in [0.05, 0.1) is 0 Å². The molecule has 0 radical (unpaired) electrons. The van der Waals surface area contributed by atoms with E-state index in [4.69, 9.17) is 10.5 Å². The summed E-state index contributed by atoms with van der Waals surface area (Å²) in [6, 6.07) is 0. The number of amides is 1. The molecule has 2 aliphatic rings.